The molecular formula is C16H16ClFN2O. The van der Waals surface area contributed by atoms with Gasteiger partial charge in [-0.3, -0.25) is 0 Å². The first-order chi connectivity index (χ1) is 10.1. The topological polar surface area (TPSA) is 31.0 Å². The Morgan fingerprint density at radius 3 is 2.81 bits per heavy atom. The highest BCUT2D eigenvalue weighted by molar-refractivity contribution is 6.20. The van der Waals surface area contributed by atoms with Gasteiger partial charge in [0, 0.05) is 12.5 Å². The summed E-state index contributed by atoms with van der Waals surface area (Å²) in [4.78, 5) is 4.54. The van der Waals surface area contributed by atoms with E-state index in [1.807, 2.05) is 23.6 Å². The Balaban J connectivity index is 2.09. The Bertz CT molecular complexity index is 749. The first kappa shape index (κ1) is 14.1. The van der Waals surface area contributed by atoms with Crippen LogP contribution in [-0.4, -0.2) is 9.55 Å². The maximum Gasteiger partial charge on any atom is 0.127 e. The molecule has 1 aromatic carbocycles. The molecule has 3 rings (SSSR count). The minimum Gasteiger partial charge on any atom is -0.469 e. The quantitative estimate of drug-likeness (QED) is 0.644. The maximum absolute atomic E-state index is 13.6. The van der Waals surface area contributed by atoms with Crippen LogP contribution in [0, 0.1) is 5.82 Å². The van der Waals surface area contributed by atoms with Gasteiger partial charge in [-0.15, -0.1) is 11.6 Å². The normalized spacial score (nSPS) is 14.5. The zero-order chi connectivity index (χ0) is 15.0. The Labute approximate surface area is 127 Å². The number of hydrogen-bond donors (Lipinski definition) is 0. The number of hydrogen-bond acceptors (Lipinski definition) is 2. The van der Waals surface area contributed by atoms with Gasteiger partial charge >= 0.3 is 0 Å². The van der Waals surface area contributed by atoms with Crippen molar-refractivity contribution in [3.05, 3.63) is 54.0 Å². The molecule has 0 aliphatic heterocycles. The molecule has 21 heavy (non-hydrogen) atoms. The van der Waals surface area contributed by atoms with E-state index in [2.05, 4.69) is 11.9 Å². The van der Waals surface area contributed by atoms with Crippen LogP contribution >= 0.6 is 11.6 Å². The molecule has 3 nitrogen and oxygen atoms in total. The smallest absolute Gasteiger partial charge is 0.127 e. The first-order valence-electron chi connectivity index (χ1n) is 6.90. The third kappa shape index (κ3) is 2.68. The van der Waals surface area contributed by atoms with Crippen LogP contribution in [0.15, 0.2) is 41.0 Å². The zero-order valence-electron chi connectivity index (χ0n) is 11.9. The van der Waals surface area contributed by atoms with Gasteiger partial charge in [-0.2, -0.15) is 0 Å². The van der Waals surface area contributed by atoms with Crippen molar-refractivity contribution in [1.29, 1.82) is 0 Å². The van der Waals surface area contributed by atoms with E-state index in [9.17, 15) is 4.39 Å². The Morgan fingerprint density at radius 2 is 2.14 bits per heavy atom. The summed E-state index contributed by atoms with van der Waals surface area (Å²) >= 11 is 6.24. The summed E-state index contributed by atoms with van der Waals surface area (Å²) in [6, 6.07) is 8.46. The fourth-order valence-electron chi connectivity index (χ4n) is 2.64. The number of benzene rings is 1. The van der Waals surface area contributed by atoms with Crippen molar-refractivity contribution in [1.82, 2.24) is 9.55 Å². The molecule has 110 valence electrons. The molecular weight excluding hydrogens is 291 g/mol. The number of rotatable bonds is 4. The molecule has 2 atom stereocenters. The summed E-state index contributed by atoms with van der Waals surface area (Å²) in [5.41, 5.74) is 1.52. The molecule has 2 heterocycles. The van der Waals surface area contributed by atoms with Gasteiger partial charge in [-0.1, -0.05) is 0 Å². The third-order valence-corrected chi connectivity index (χ3v) is 3.75. The lowest BCUT2D eigenvalue weighted by molar-refractivity contribution is 0.446. The summed E-state index contributed by atoms with van der Waals surface area (Å²) in [7, 11) is 0. The van der Waals surface area contributed by atoms with Crippen LogP contribution in [0.4, 0.5) is 4.39 Å². The Kier molecular flexibility index (Phi) is 3.72. The molecule has 5 heteroatoms. The van der Waals surface area contributed by atoms with Gasteiger partial charge in [0.05, 0.1) is 22.7 Å². The van der Waals surface area contributed by atoms with E-state index in [-0.39, 0.29) is 17.2 Å². The van der Waals surface area contributed by atoms with Crippen molar-refractivity contribution in [2.75, 3.05) is 0 Å². The van der Waals surface area contributed by atoms with Gasteiger partial charge in [0.2, 0.25) is 0 Å². The second-order valence-electron chi connectivity index (χ2n) is 5.22. The number of aromatic nitrogens is 2. The summed E-state index contributed by atoms with van der Waals surface area (Å²) in [5.74, 6) is 1.35. The van der Waals surface area contributed by atoms with Crippen LogP contribution in [-0.2, 0) is 6.42 Å². The highest BCUT2D eigenvalue weighted by Gasteiger charge is 2.20. The van der Waals surface area contributed by atoms with E-state index in [0.29, 0.717) is 6.42 Å². The van der Waals surface area contributed by atoms with Crippen LogP contribution in [0.5, 0.6) is 0 Å². The van der Waals surface area contributed by atoms with Gasteiger partial charge in [-0.05, 0) is 44.2 Å². The van der Waals surface area contributed by atoms with Crippen molar-refractivity contribution in [2.24, 2.45) is 0 Å². The molecule has 0 amide bonds. The Morgan fingerprint density at radius 1 is 1.33 bits per heavy atom. The monoisotopic (exact) mass is 306 g/mol. The van der Waals surface area contributed by atoms with E-state index in [4.69, 9.17) is 16.0 Å². The van der Waals surface area contributed by atoms with E-state index in [0.717, 1.165) is 22.6 Å². The van der Waals surface area contributed by atoms with E-state index < -0.39 is 0 Å². The molecule has 0 fully saturated rings. The van der Waals surface area contributed by atoms with E-state index in [1.165, 1.54) is 12.1 Å². The number of halogens is 2. The summed E-state index contributed by atoms with van der Waals surface area (Å²) < 4.78 is 21.0. The van der Waals surface area contributed by atoms with Crippen molar-refractivity contribution in [3.63, 3.8) is 0 Å². The zero-order valence-corrected chi connectivity index (χ0v) is 12.6. The number of furan rings is 1. The molecule has 0 saturated carbocycles. The summed E-state index contributed by atoms with van der Waals surface area (Å²) in [6.45, 7) is 3.92. The standard InChI is InChI=1S/C16H16ClFN2O/c1-10(8-13-4-3-7-21-13)20-15-9-12(18)5-6-14(15)19-16(20)11(2)17/h3-7,9-11H,8H2,1-2H3. The van der Waals surface area contributed by atoms with Crippen molar-refractivity contribution in [2.45, 2.75) is 31.7 Å². The molecule has 0 bridgehead atoms. The van der Waals surface area contributed by atoms with Gasteiger partial charge in [0.1, 0.15) is 17.4 Å². The molecule has 0 saturated heterocycles. The number of nitrogens with zero attached hydrogens (tertiary/aromatic N) is 2. The predicted molar refractivity (Wildman–Crippen MR) is 81.1 cm³/mol. The lowest BCUT2D eigenvalue weighted by Gasteiger charge is -2.17. The average Bonchev–Trinajstić information content (AvgIpc) is 3.04. The number of alkyl halides is 1. The van der Waals surface area contributed by atoms with Crippen molar-refractivity contribution < 1.29 is 8.81 Å². The fraction of sp³-hybridized carbons (Fsp3) is 0.312. The summed E-state index contributed by atoms with van der Waals surface area (Å²) in [6.07, 6.45) is 2.35. The van der Waals surface area contributed by atoms with Crippen LogP contribution in [0.2, 0.25) is 0 Å². The Hall–Kier alpha value is -1.81. The predicted octanol–water partition coefficient (Wildman–Crippen LogP) is 4.87. The molecule has 0 aliphatic rings. The molecule has 0 spiro atoms. The molecule has 3 aromatic rings. The highest BCUT2D eigenvalue weighted by Crippen LogP contribution is 2.30. The second-order valence-corrected chi connectivity index (χ2v) is 5.88. The summed E-state index contributed by atoms with van der Waals surface area (Å²) in [5, 5.41) is -0.250. The van der Waals surface area contributed by atoms with Crippen LogP contribution in [0.3, 0.4) is 0 Å². The third-order valence-electron chi connectivity index (χ3n) is 3.55. The molecule has 0 N–H and O–H groups in total. The van der Waals surface area contributed by atoms with Gasteiger partial charge in [-0.25, -0.2) is 9.37 Å². The van der Waals surface area contributed by atoms with Gasteiger partial charge < -0.3 is 8.98 Å². The SMILES string of the molecule is CC(Cl)c1nc2ccc(F)cc2n1C(C)Cc1ccco1. The molecule has 2 aromatic heterocycles. The molecule has 0 aliphatic carbocycles. The van der Waals surface area contributed by atoms with Crippen LogP contribution in [0.1, 0.15) is 36.9 Å². The lowest BCUT2D eigenvalue weighted by Crippen LogP contribution is -2.12. The number of imidazole rings is 1. The van der Waals surface area contributed by atoms with Gasteiger partial charge in [0.25, 0.3) is 0 Å². The maximum atomic E-state index is 13.6. The minimum atomic E-state index is -0.275. The molecule has 2 unspecified atom stereocenters. The minimum absolute atomic E-state index is 0.0687. The van der Waals surface area contributed by atoms with Crippen LogP contribution in [0.25, 0.3) is 11.0 Å². The van der Waals surface area contributed by atoms with Crippen molar-refractivity contribution >= 4 is 22.6 Å². The van der Waals surface area contributed by atoms with Crippen LogP contribution < -0.4 is 0 Å². The van der Waals surface area contributed by atoms with Gasteiger partial charge in [0.15, 0.2) is 0 Å². The van der Waals surface area contributed by atoms with E-state index in [1.54, 1.807) is 12.3 Å². The lowest BCUT2D eigenvalue weighted by atomic mass is 10.1. The largest absolute Gasteiger partial charge is 0.469 e. The molecule has 0 radical (unpaired) electrons. The average molecular weight is 307 g/mol. The van der Waals surface area contributed by atoms with E-state index >= 15 is 0 Å². The fourth-order valence-corrected chi connectivity index (χ4v) is 2.79. The first-order valence-corrected chi connectivity index (χ1v) is 7.33. The number of fused-ring (bicyclic) bond motifs is 1. The second kappa shape index (κ2) is 5.53. The van der Waals surface area contributed by atoms with Crippen molar-refractivity contribution in [3.8, 4) is 0 Å². The highest BCUT2D eigenvalue weighted by atomic mass is 35.5.